The zero-order valence-electron chi connectivity index (χ0n) is 29.4. The molecule has 2 aliphatic rings. The quantitative estimate of drug-likeness (QED) is 0.257. The van der Waals surface area contributed by atoms with Gasteiger partial charge in [-0.05, 0) is 48.2 Å². The lowest BCUT2D eigenvalue weighted by Gasteiger charge is -2.14. The lowest BCUT2D eigenvalue weighted by atomic mass is 10.1. The summed E-state index contributed by atoms with van der Waals surface area (Å²) >= 11 is 0. The molecule has 0 aromatic heterocycles. The van der Waals surface area contributed by atoms with Crippen molar-refractivity contribution in [3.05, 3.63) is 47.5 Å². The molecule has 0 atom stereocenters. The molecule has 0 spiro atoms. The number of rotatable bonds is 10. The van der Waals surface area contributed by atoms with Crippen molar-refractivity contribution in [3.8, 4) is 23.0 Å². The van der Waals surface area contributed by atoms with Gasteiger partial charge in [-0.25, -0.2) is 0 Å². The van der Waals surface area contributed by atoms with Crippen molar-refractivity contribution in [2.75, 3.05) is 106 Å². The molecule has 0 bridgehead atoms. The Bertz CT molecular complexity index is 1180. The van der Waals surface area contributed by atoms with Crippen LogP contribution in [0.3, 0.4) is 0 Å². The Kier molecular flexibility index (Phi) is 19.9. The molecule has 0 saturated heterocycles. The van der Waals surface area contributed by atoms with Crippen molar-refractivity contribution in [2.24, 2.45) is 0 Å². The first-order valence-corrected chi connectivity index (χ1v) is 17.7. The summed E-state index contributed by atoms with van der Waals surface area (Å²) in [4.78, 5) is 24.8. The van der Waals surface area contributed by atoms with Crippen LogP contribution in [0.1, 0.15) is 43.2 Å². The molecule has 0 unspecified atom stereocenters. The second-order valence-corrected chi connectivity index (χ2v) is 11.5. The molecule has 2 heterocycles. The highest BCUT2D eigenvalue weighted by Crippen LogP contribution is 2.30. The van der Waals surface area contributed by atoms with Crippen LogP contribution in [0.2, 0.25) is 0 Å². The zero-order chi connectivity index (χ0) is 35.6. The smallest absolute Gasteiger partial charge is 0.306 e. The van der Waals surface area contributed by atoms with Gasteiger partial charge < -0.3 is 56.8 Å². The number of ether oxygens (including phenoxy) is 12. The minimum absolute atomic E-state index is 0.107. The van der Waals surface area contributed by atoms with Gasteiger partial charge in [0.25, 0.3) is 0 Å². The van der Waals surface area contributed by atoms with Crippen LogP contribution in [0, 0.1) is 0 Å². The van der Waals surface area contributed by atoms with Gasteiger partial charge in [0.1, 0.15) is 39.6 Å². The SMILES string of the molecule is O=C(CCCCCC(=O)OCc1ccc2c(c1)OCCOCCOCCOCCO2)OCc1ccc2c(c1)OCCOCCOCCOCCO2. The van der Waals surface area contributed by atoms with Gasteiger partial charge in [0, 0.05) is 12.8 Å². The molecule has 2 aliphatic heterocycles. The predicted molar refractivity (Wildman–Crippen MR) is 182 cm³/mol. The average molecular weight is 721 g/mol. The number of fused-ring (bicyclic) bond motifs is 2. The second-order valence-electron chi connectivity index (χ2n) is 11.5. The number of benzene rings is 2. The Morgan fingerprint density at radius 2 is 0.725 bits per heavy atom. The van der Waals surface area contributed by atoms with Crippen molar-refractivity contribution in [1.29, 1.82) is 0 Å². The van der Waals surface area contributed by atoms with E-state index in [1.807, 2.05) is 12.1 Å². The first kappa shape index (κ1) is 40.1. The molecule has 2 aromatic rings. The summed E-state index contributed by atoms with van der Waals surface area (Å²) in [6, 6.07) is 10.9. The van der Waals surface area contributed by atoms with Gasteiger partial charge in [0.2, 0.25) is 0 Å². The standard InChI is InChI=1S/C37H52O14/c38-36(50-28-30-6-8-32-34(26-30)48-24-20-44-16-12-40-10-14-42-18-22-46-32)4-2-1-3-5-37(39)51-29-31-7-9-33-35(27-31)49-25-21-45-17-13-41-11-15-43-19-23-47-33/h6-9,26-27H,1-5,10-25,28-29H2. The van der Waals surface area contributed by atoms with Crippen LogP contribution in [-0.2, 0) is 60.7 Å². The van der Waals surface area contributed by atoms with E-state index in [9.17, 15) is 9.59 Å². The third-order valence-electron chi connectivity index (χ3n) is 7.51. The van der Waals surface area contributed by atoms with E-state index in [-0.39, 0.29) is 38.0 Å². The Morgan fingerprint density at radius 1 is 0.412 bits per heavy atom. The monoisotopic (exact) mass is 720 g/mol. The van der Waals surface area contributed by atoms with Gasteiger partial charge in [-0.3, -0.25) is 9.59 Å². The van der Waals surface area contributed by atoms with Crippen molar-refractivity contribution in [3.63, 3.8) is 0 Å². The minimum Gasteiger partial charge on any atom is -0.487 e. The van der Waals surface area contributed by atoms with Gasteiger partial charge in [-0.2, -0.15) is 0 Å². The largest absolute Gasteiger partial charge is 0.487 e. The van der Waals surface area contributed by atoms with Gasteiger partial charge in [-0.15, -0.1) is 0 Å². The van der Waals surface area contributed by atoms with E-state index in [2.05, 4.69) is 0 Å². The third-order valence-corrected chi connectivity index (χ3v) is 7.51. The Morgan fingerprint density at radius 3 is 1.08 bits per heavy atom. The lowest BCUT2D eigenvalue weighted by molar-refractivity contribution is -0.145. The molecule has 0 radical (unpaired) electrons. The van der Waals surface area contributed by atoms with Crippen LogP contribution in [0.15, 0.2) is 36.4 Å². The van der Waals surface area contributed by atoms with Crippen LogP contribution in [0.4, 0.5) is 0 Å². The molecule has 2 aromatic carbocycles. The highest BCUT2D eigenvalue weighted by atomic mass is 16.6. The van der Waals surface area contributed by atoms with E-state index in [4.69, 9.17) is 56.8 Å². The number of carbonyl (C=O) groups excluding carboxylic acids is 2. The van der Waals surface area contributed by atoms with E-state index in [1.165, 1.54) is 0 Å². The van der Waals surface area contributed by atoms with E-state index in [1.54, 1.807) is 24.3 Å². The maximum atomic E-state index is 12.4. The molecule has 14 nitrogen and oxygen atoms in total. The number of esters is 2. The highest BCUT2D eigenvalue weighted by molar-refractivity contribution is 5.70. The number of hydrogen-bond donors (Lipinski definition) is 0. The summed E-state index contributed by atoms with van der Waals surface area (Å²) in [5, 5.41) is 0. The van der Waals surface area contributed by atoms with Crippen LogP contribution in [0.5, 0.6) is 23.0 Å². The fourth-order valence-electron chi connectivity index (χ4n) is 4.86. The summed E-state index contributed by atoms with van der Waals surface area (Å²) in [5.41, 5.74) is 1.55. The molecule has 4 rings (SSSR count). The molecular weight excluding hydrogens is 668 g/mol. The van der Waals surface area contributed by atoms with Crippen LogP contribution in [0.25, 0.3) is 0 Å². The first-order valence-electron chi connectivity index (χ1n) is 17.7. The van der Waals surface area contributed by atoms with Gasteiger partial charge in [0.05, 0.1) is 79.3 Å². The molecule has 51 heavy (non-hydrogen) atoms. The van der Waals surface area contributed by atoms with E-state index in [0.29, 0.717) is 148 Å². The summed E-state index contributed by atoms with van der Waals surface area (Å²) in [5.74, 6) is 1.63. The van der Waals surface area contributed by atoms with Crippen molar-refractivity contribution < 1.29 is 66.4 Å². The Labute approximate surface area is 299 Å². The van der Waals surface area contributed by atoms with E-state index < -0.39 is 0 Å². The van der Waals surface area contributed by atoms with Crippen LogP contribution in [-0.4, -0.2) is 118 Å². The number of hydrogen-bond acceptors (Lipinski definition) is 14. The third kappa shape index (κ3) is 17.4. The minimum atomic E-state index is -0.309. The molecule has 0 amide bonds. The van der Waals surface area contributed by atoms with E-state index >= 15 is 0 Å². The molecule has 0 fully saturated rings. The first-order chi connectivity index (χ1) is 25.2. The van der Waals surface area contributed by atoms with Gasteiger partial charge >= 0.3 is 11.9 Å². The summed E-state index contributed by atoms with van der Waals surface area (Å²) < 4.78 is 67.4. The van der Waals surface area contributed by atoms with Gasteiger partial charge in [0.15, 0.2) is 23.0 Å². The maximum absolute atomic E-state index is 12.4. The predicted octanol–water partition coefficient (Wildman–Crippen LogP) is 4.07. The summed E-state index contributed by atoms with van der Waals surface area (Å²) in [7, 11) is 0. The van der Waals surface area contributed by atoms with Gasteiger partial charge in [-0.1, -0.05) is 18.6 Å². The molecule has 0 aliphatic carbocycles. The average Bonchev–Trinajstić information content (AvgIpc) is 3.15. The molecule has 0 saturated carbocycles. The molecule has 284 valence electrons. The van der Waals surface area contributed by atoms with E-state index in [0.717, 1.165) is 11.1 Å². The Hall–Kier alpha value is -3.66. The number of carbonyl (C=O) groups is 2. The fourth-order valence-corrected chi connectivity index (χ4v) is 4.86. The normalized spacial score (nSPS) is 17.4. The summed E-state index contributed by atoms with van der Waals surface area (Å²) in [6.07, 6.45) is 2.40. The molecule has 14 heteroatoms. The number of unbranched alkanes of at least 4 members (excludes halogenated alkanes) is 2. The molecular formula is C37H52O14. The van der Waals surface area contributed by atoms with Crippen molar-refractivity contribution >= 4 is 11.9 Å². The fraction of sp³-hybridized carbons (Fsp3) is 0.622. The van der Waals surface area contributed by atoms with Crippen LogP contribution < -0.4 is 18.9 Å². The Balaban J connectivity index is 1.11. The van der Waals surface area contributed by atoms with Crippen LogP contribution >= 0.6 is 0 Å². The summed E-state index contributed by atoms with van der Waals surface area (Å²) in [6.45, 7) is 7.19. The van der Waals surface area contributed by atoms with Crippen molar-refractivity contribution in [1.82, 2.24) is 0 Å². The maximum Gasteiger partial charge on any atom is 0.306 e. The van der Waals surface area contributed by atoms with Crippen molar-refractivity contribution in [2.45, 2.75) is 45.3 Å². The second kappa shape index (κ2) is 25.3. The zero-order valence-corrected chi connectivity index (χ0v) is 29.4. The lowest BCUT2D eigenvalue weighted by Crippen LogP contribution is -2.13. The highest BCUT2D eigenvalue weighted by Gasteiger charge is 2.12. The molecule has 0 N–H and O–H groups in total. The topological polar surface area (TPSA) is 145 Å².